The van der Waals surface area contributed by atoms with Gasteiger partial charge in [-0.25, -0.2) is 0 Å². The summed E-state index contributed by atoms with van der Waals surface area (Å²) in [7, 11) is 0. The lowest BCUT2D eigenvalue weighted by atomic mass is 10.1. The van der Waals surface area contributed by atoms with Gasteiger partial charge in [0.15, 0.2) is 0 Å². The van der Waals surface area contributed by atoms with Crippen molar-refractivity contribution in [3.63, 3.8) is 0 Å². The first kappa shape index (κ1) is 10.8. The molecule has 0 bridgehead atoms. The van der Waals surface area contributed by atoms with Crippen molar-refractivity contribution in [1.82, 2.24) is 4.90 Å². The van der Waals surface area contributed by atoms with Crippen LogP contribution in [0, 0.1) is 6.92 Å². The van der Waals surface area contributed by atoms with E-state index in [1.807, 2.05) is 6.92 Å². The first-order chi connectivity index (χ1) is 7.56. The molecule has 0 aliphatic carbocycles. The van der Waals surface area contributed by atoms with Crippen molar-refractivity contribution in [3.05, 3.63) is 34.9 Å². The fourth-order valence-corrected chi connectivity index (χ4v) is 1.86. The molecule has 1 N–H and O–H groups in total. The van der Waals surface area contributed by atoms with E-state index in [-0.39, 0.29) is 18.4 Å². The molecular weight excluding hydrogens is 206 g/mol. The third kappa shape index (κ3) is 1.42. The molecule has 0 aromatic heterocycles. The molecule has 4 nitrogen and oxygen atoms in total. The maximum Gasteiger partial charge on any atom is 0.261 e. The van der Waals surface area contributed by atoms with Gasteiger partial charge < -0.3 is 5.11 Å². The number of carbonyl (C=O) groups is 2. The van der Waals surface area contributed by atoms with Gasteiger partial charge in [0.2, 0.25) is 0 Å². The van der Waals surface area contributed by atoms with Crippen LogP contribution in [0.5, 0.6) is 0 Å². The Balaban J connectivity index is 2.48. The maximum absolute atomic E-state index is 12.0. The smallest absolute Gasteiger partial charge is 0.261 e. The topological polar surface area (TPSA) is 57.6 Å². The molecule has 0 spiro atoms. The zero-order valence-electron chi connectivity index (χ0n) is 9.23. The molecule has 4 heteroatoms. The predicted molar refractivity (Wildman–Crippen MR) is 58.2 cm³/mol. The average molecular weight is 219 g/mol. The number of amides is 2. The Morgan fingerprint density at radius 1 is 1.25 bits per heavy atom. The van der Waals surface area contributed by atoms with Crippen LogP contribution in [-0.2, 0) is 0 Å². The fraction of sp³-hybridized carbons (Fsp3) is 0.333. The van der Waals surface area contributed by atoms with E-state index in [0.717, 1.165) is 10.5 Å². The third-order valence-corrected chi connectivity index (χ3v) is 2.78. The first-order valence-electron chi connectivity index (χ1n) is 5.15. The molecule has 0 unspecified atom stereocenters. The number of hydrogen-bond acceptors (Lipinski definition) is 3. The average Bonchev–Trinajstić information content (AvgIpc) is 2.51. The van der Waals surface area contributed by atoms with Gasteiger partial charge in [-0.3, -0.25) is 14.5 Å². The summed E-state index contributed by atoms with van der Waals surface area (Å²) in [6, 6.07) is 4.69. The summed E-state index contributed by atoms with van der Waals surface area (Å²) in [6.45, 7) is 3.30. The Kier molecular flexibility index (Phi) is 2.52. The van der Waals surface area contributed by atoms with Crippen LogP contribution in [0.4, 0.5) is 0 Å². The molecule has 2 amide bonds. The molecule has 1 aromatic rings. The zero-order valence-corrected chi connectivity index (χ0v) is 9.23. The summed E-state index contributed by atoms with van der Waals surface area (Å²) in [6.07, 6.45) is 0. The summed E-state index contributed by atoms with van der Waals surface area (Å²) < 4.78 is 0. The van der Waals surface area contributed by atoms with Crippen molar-refractivity contribution >= 4 is 11.8 Å². The summed E-state index contributed by atoms with van der Waals surface area (Å²) in [5.41, 5.74) is 1.81. The van der Waals surface area contributed by atoms with Gasteiger partial charge in [-0.2, -0.15) is 0 Å². The number of fused-ring (bicyclic) bond motifs is 1. The molecule has 0 saturated heterocycles. The number of benzene rings is 1. The highest BCUT2D eigenvalue weighted by Gasteiger charge is 2.37. The van der Waals surface area contributed by atoms with Crippen LogP contribution in [0.25, 0.3) is 0 Å². The number of aliphatic hydroxyl groups excluding tert-OH is 1. The number of carbonyl (C=O) groups excluding carboxylic acids is 2. The minimum Gasteiger partial charge on any atom is -0.394 e. The van der Waals surface area contributed by atoms with E-state index < -0.39 is 6.04 Å². The Morgan fingerprint density at radius 2 is 1.88 bits per heavy atom. The molecular formula is C12H13NO3. The molecule has 84 valence electrons. The number of hydrogen-bond donors (Lipinski definition) is 1. The fourth-order valence-electron chi connectivity index (χ4n) is 1.86. The number of nitrogens with zero attached hydrogens (tertiary/aromatic N) is 1. The molecule has 1 aliphatic rings. The largest absolute Gasteiger partial charge is 0.394 e. The summed E-state index contributed by atoms with van der Waals surface area (Å²) in [5, 5.41) is 9.02. The van der Waals surface area contributed by atoms with Crippen molar-refractivity contribution in [2.45, 2.75) is 19.9 Å². The molecule has 0 radical (unpaired) electrons. The van der Waals surface area contributed by atoms with Crippen LogP contribution in [0.1, 0.15) is 33.2 Å². The molecule has 1 aromatic carbocycles. The van der Waals surface area contributed by atoms with Gasteiger partial charge in [0, 0.05) is 0 Å². The molecule has 16 heavy (non-hydrogen) atoms. The van der Waals surface area contributed by atoms with Crippen molar-refractivity contribution in [2.24, 2.45) is 0 Å². The van der Waals surface area contributed by atoms with Crippen LogP contribution in [-0.4, -0.2) is 34.5 Å². The Labute approximate surface area is 93.5 Å². The van der Waals surface area contributed by atoms with E-state index in [9.17, 15) is 9.59 Å². The minimum atomic E-state index is -0.479. The van der Waals surface area contributed by atoms with E-state index >= 15 is 0 Å². The highest BCUT2D eigenvalue weighted by molar-refractivity contribution is 6.21. The van der Waals surface area contributed by atoms with E-state index in [2.05, 4.69) is 0 Å². The van der Waals surface area contributed by atoms with Crippen LogP contribution in [0.15, 0.2) is 18.2 Å². The van der Waals surface area contributed by atoms with Crippen LogP contribution < -0.4 is 0 Å². The Hall–Kier alpha value is -1.68. The van der Waals surface area contributed by atoms with Gasteiger partial charge in [0.25, 0.3) is 11.8 Å². The Morgan fingerprint density at radius 3 is 2.50 bits per heavy atom. The number of aliphatic hydroxyl groups is 1. The van der Waals surface area contributed by atoms with Gasteiger partial charge in [-0.1, -0.05) is 11.6 Å². The summed E-state index contributed by atoms with van der Waals surface area (Å²) in [4.78, 5) is 25.0. The van der Waals surface area contributed by atoms with E-state index in [4.69, 9.17) is 5.11 Å². The quantitative estimate of drug-likeness (QED) is 0.754. The molecule has 1 atom stereocenters. The Bertz CT molecular complexity index is 467. The van der Waals surface area contributed by atoms with E-state index in [0.29, 0.717) is 11.1 Å². The highest BCUT2D eigenvalue weighted by atomic mass is 16.3. The third-order valence-electron chi connectivity index (χ3n) is 2.78. The zero-order chi connectivity index (χ0) is 11.9. The highest BCUT2D eigenvalue weighted by Crippen LogP contribution is 2.25. The lowest BCUT2D eigenvalue weighted by Gasteiger charge is -2.19. The summed E-state index contributed by atoms with van der Waals surface area (Å²) >= 11 is 0. The number of rotatable bonds is 2. The summed E-state index contributed by atoms with van der Waals surface area (Å²) in [5.74, 6) is -0.633. The van der Waals surface area contributed by atoms with Gasteiger partial charge in [0.05, 0.1) is 23.8 Å². The lowest BCUT2D eigenvalue weighted by Crippen LogP contribution is -2.40. The second-order valence-corrected chi connectivity index (χ2v) is 4.06. The normalized spacial score (nSPS) is 16.6. The molecule has 1 aliphatic heterocycles. The van der Waals surface area contributed by atoms with E-state index in [1.54, 1.807) is 25.1 Å². The second-order valence-electron chi connectivity index (χ2n) is 4.06. The van der Waals surface area contributed by atoms with E-state index in [1.165, 1.54) is 0 Å². The van der Waals surface area contributed by atoms with Gasteiger partial charge >= 0.3 is 0 Å². The van der Waals surface area contributed by atoms with Gasteiger partial charge in [-0.15, -0.1) is 0 Å². The molecule has 1 heterocycles. The van der Waals surface area contributed by atoms with Crippen molar-refractivity contribution in [3.8, 4) is 0 Å². The standard InChI is InChI=1S/C12H13NO3/c1-7-3-4-9-10(5-7)12(16)13(11(9)15)8(2)6-14/h3-5,8,14H,6H2,1-2H3/t8-/m1/s1. The van der Waals surface area contributed by atoms with Crippen molar-refractivity contribution < 1.29 is 14.7 Å². The lowest BCUT2D eigenvalue weighted by molar-refractivity contribution is 0.0537. The van der Waals surface area contributed by atoms with Crippen molar-refractivity contribution in [2.75, 3.05) is 6.61 Å². The second kappa shape index (κ2) is 3.72. The molecule has 0 fully saturated rings. The molecule has 2 rings (SSSR count). The predicted octanol–water partition coefficient (Wildman–Crippen LogP) is 0.972. The number of aryl methyl sites for hydroxylation is 1. The van der Waals surface area contributed by atoms with Crippen LogP contribution in [0.3, 0.4) is 0 Å². The number of imide groups is 1. The van der Waals surface area contributed by atoms with Crippen LogP contribution in [0.2, 0.25) is 0 Å². The monoisotopic (exact) mass is 219 g/mol. The maximum atomic E-state index is 12.0. The molecule has 0 saturated carbocycles. The van der Waals surface area contributed by atoms with Gasteiger partial charge in [0.1, 0.15) is 0 Å². The first-order valence-corrected chi connectivity index (χ1v) is 5.15. The SMILES string of the molecule is Cc1ccc2c(c1)C(=O)N([C@H](C)CO)C2=O. The van der Waals surface area contributed by atoms with Gasteiger partial charge in [-0.05, 0) is 26.0 Å². The van der Waals surface area contributed by atoms with Crippen LogP contribution >= 0.6 is 0 Å². The minimum absolute atomic E-state index is 0.218. The van der Waals surface area contributed by atoms with Crippen molar-refractivity contribution in [1.29, 1.82) is 0 Å².